The van der Waals surface area contributed by atoms with Gasteiger partial charge in [0, 0.05) is 43.7 Å². The summed E-state index contributed by atoms with van der Waals surface area (Å²) >= 11 is 0. The van der Waals surface area contributed by atoms with Gasteiger partial charge in [0.15, 0.2) is 5.65 Å². The van der Waals surface area contributed by atoms with Crippen molar-refractivity contribution >= 4 is 5.65 Å². The maximum absolute atomic E-state index is 13.0. The van der Waals surface area contributed by atoms with Crippen LogP contribution in [0.15, 0.2) is 35.1 Å². The number of hydrogen-bond donors (Lipinski definition) is 1. The first-order valence-electron chi connectivity index (χ1n) is 10.0. The minimum absolute atomic E-state index is 0.0711. The molecule has 1 N–H and O–H groups in total. The lowest BCUT2D eigenvalue weighted by Crippen LogP contribution is -2.36. The smallest absolute Gasteiger partial charge is 0.277 e. The van der Waals surface area contributed by atoms with Gasteiger partial charge in [-0.1, -0.05) is 38.1 Å². The van der Waals surface area contributed by atoms with Crippen molar-refractivity contribution in [2.75, 3.05) is 6.54 Å². The molecule has 0 atom stereocenters. The Morgan fingerprint density at radius 3 is 2.70 bits per heavy atom. The third-order valence-corrected chi connectivity index (χ3v) is 5.93. The van der Waals surface area contributed by atoms with E-state index in [0.717, 1.165) is 42.1 Å². The van der Waals surface area contributed by atoms with E-state index < -0.39 is 0 Å². The zero-order valence-electron chi connectivity index (χ0n) is 16.0. The van der Waals surface area contributed by atoms with Crippen LogP contribution in [0.5, 0.6) is 0 Å². The third kappa shape index (κ3) is 3.10. The minimum atomic E-state index is 0.0711. The van der Waals surface area contributed by atoms with E-state index in [9.17, 15) is 4.79 Å². The number of hydrogen-bond acceptors (Lipinski definition) is 3. The van der Waals surface area contributed by atoms with E-state index in [1.54, 1.807) is 4.52 Å². The average Bonchev–Trinajstić information content (AvgIpc) is 3.43. The zero-order chi connectivity index (χ0) is 18.5. The highest BCUT2D eigenvalue weighted by molar-refractivity contribution is 5.44. The highest BCUT2D eigenvalue weighted by Gasteiger charge is 2.27. The second-order valence-corrected chi connectivity index (χ2v) is 8.38. The number of aromatic amines is 1. The summed E-state index contributed by atoms with van der Waals surface area (Å²) in [5.41, 5.74) is 6.50. The lowest BCUT2D eigenvalue weighted by Gasteiger charge is -2.27. The standard InChI is InChI=1S/C22H26N4O/c1-14(2)16-5-3-15(4-6-16)12-25-10-9-19-18(13-25)22(27)26-21(23-19)11-20(24-26)17-7-8-17/h3-6,11,14,17,24H,7-10,12-13H2,1-2H3. The molecule has 5 nitrogen and oxygen atoms in total. The van der Waals surface area contributed by atoms with Crippen LogP contribution in [-0.4, -0.2) is 26.0 Å². The Morgan fingerprint density at radius 1 is 1.22 bits per heavy atom. The molecule has 1 aliphatic heterocycles. The molecule has 0 spiro atoms. The van der Waals surface area contributed by atoms with Gasteiger partial charge in [-0.25, -0.2) is 9.50 Å². The molecule has 0 radical (unpaired) electrons. The van der Waals surface area contributed by atoms with Gasteiger partial charge in [-0.3, -0.25) is 14.8 Å². The molecular formula is C22H26N4O. The van der Waals surface area contributed by atoms with Crippen molar-refractivity contribution in [2.24, 2.45) is 0 Å². The molecule has 0 bridgehead atoms. The van der Waals surface area contributed by atoms with Crippen molar-refractivity contribution in [3.05, 3.63) is 68.8 Å². The SMILES string of the molecule is CC(C)c1ccc(CN2CCc3nc4cc(C5CC5)[nH]n4c(=O)c3C2)cc1. The number of benzene rings is 1. The molecule has 0 amide bonds. The molecule has 5 heteroatoms. The average molecular weight is 362 g/mol. The predicted octanol–water partition coefficient (Wildman–Crippen LogP) is 3.58. The number of H-pyrrole nitrogens is 1. The molecule has 3 heterocycles. The summed E-state index contributed by atoms with van der Waals surface area (Å²) in [6.45, 7) is 6.92. The fraction of sp³-hybridized carbons (Fsp3) is 0.455. The van der Waals surface area contributed by atoms with E-state index in [1.165, 1.54) is 24.0 Å². The molecule has 1 saturated carbocycles. The van der Waals surface area contributed by atoms with Gasteiger partial charge in [-0.2, -0.15) is 0 Å². The lowest BCUT2D eigenvalue weighted by molar-refractivity contribution is 0.241. The fourth-order valence-corrected chi connectivity index (χ4v) is 4.06. The van der Waals surface area contributed by atoms with Crippen molar-refractivity contribution < 1.29 is 0 Å². The van der Waals surface area contributed by atoms with Crippen molar-refractivity contribution in [3.8, 4) is 0 Å². The molecule has 140 valence electrons. The van der Waals surface area contributed by atoms with Crippen LogP contribution in [0.4, 0.5) is 0 Å². The molecule has 2 aromatic heterocycles. The van der Waals surface area contributed by atoms with E-state index in [0.29, 0.717) is 18.4 Å². The van der Waals surface area contributed by atoms with Gasteiger partial charge in [-0.05, 0) is 29.9 Å². The summed E-state index contributed by atoms with van der Waals surface area (Å²) < 4.78 is 1.65. The lowest BCUT2D eigenvalue weighted by atomic mass is 10.0. The van der Waals surface area contributed by atoms with Crippen LogP contribution < -0.4 is 5.56 Å². The summed E-state index contributed by atoms with van der Waals surface area (Å²) in [5.74, 6) is 1.14. The molecule has 1 aromatic carbocycles. The van der Waals surface area contributed by atoms with E-state index in [1.807, 2.05) is 0 Å². The van der Waals surface area contributed by atoms with Gasteiger partial charge >= 0.3 is 0 Å². The van der Waals surface area contributed by atoms with Crippen molar-refractivity contribution in [1.29, 1.82) is 0 Å². The Hall–Kier alpha value is -2.40. The van der Waals surface area contributed by atoms with Crippen LogP contribution in [-0.2, 0) is 19.5 Å². The van der Waals surface area contributed by atoms with Gasteiger partial charge in [-0.15, -0.1) is 0 Å². The normalized spacial score (nSPS) is 17.6. The number of nitrogens with one attached hydrogen (secondary N) is 1. The van der Waals surface area contributed by atoms with Crippen molar-refractivity contribution in [3.63, 3.8) is 0 Å². The fourth-order valence-electron chi connectivity index (χ4n) is 4.06. The summed E-state index contributed by atoms with van der Waals surface area (Å²) in [4.78, 5) is 20.2. The number of nitrogens with zero attached hydrogens (tertiary/aromatic N) is 3. The first-order valence-corrected chi connectivity index (χ1v) is 10.0. The Balaban J connectivity index is 1.40. The second kappa shape index (κ2) is 6.34. The minimum Gasteiger partial charge on any atom is -0.294 e. The predicted molar refractivity (Wildman–Crippen MR) is 106 cm³/mol. The van der Waals surface area contributed by atoms with Gasteiger partial charge < -0.3 is 0 Å². The first-order chi connectivity index (χ1) is 13.1. The Morgan fingerprint density at radius 2 is 2.00 bits per heavy atom. The monoisotopic (exact) mass is 362 g/mol. The van der Waals surface area contributed by atoms with E-state index in [4.69, 9.17) is 4.98 Å². The Kier molecular flexibility index (Phi) is 3.93. The summed E-state index contributed by atoms with van der Waals surface area (Å²) in [6.07, 6.45) is 3.27. The number of fused-ring (bicyclic) bond motifs is 2. The maximum Gasteiger partial charge on any atom is 0.277 e. The maximum atomic E-state index is 13.0. The molecule has 1 aliphatic carbocycles. The molecular weight excluding hydrogens is 336 g/mol. The van der Waals surface area contributed by atoms with Gasteiger partial charge in [0.25, 0.3) is 5.56 Å². The molecule has 2 aliphatic rings. The largest absolute Gasteiger partial charge is 0.294 e. The van der Waals surface area contributed by atoms with Crippen molar-refractivity contribution in [2.45, 2.75) is 58.0 Å². The molecule has 3 aromatic rings. The van der Waals surface area contributed by atoms with Crippen LogP contribution in [0, 0.1) is 0 Å². The third-order valence-electron chi connectivity index (χ3n) is 5.93. The Labute approximate surface area is 159 Å². The number of rotatable bonds is 4. The molecule has 0 saturated heterocycles. The Bertz CT molecular complexity index is 1040. The van der Waals surface area contributed by atoms with E-state index in [2.05, 4.69) is 54.2 Å². The second-order valence-electron chi connectivity index (χ2n) is 8.38. The van der Waals surface area contributed by atoms with Gasteiger partial charge in [0.1, 0.15) is 0 Å². The van der Waals surface area contributed by atoms with Crippen LogP contribution >= 0.6 is 0 Å². The van der Waals surface area contributed by atoms with E-state index >= 15 is 0 Å². The zero-order valence-corrected chi connectivity index (χ0v) is 16.0. The highest BCUT2D eigenvalue weighted by atomic mass is 16.1. The summed E-state index contributed by atoms with van der Waals surface area (Å²) in [5, 5.41) is 3.28. The van der Waals surface area contributed by atoms with Gasteiger partial charge in [0.2, 0.25) is 0 Å². The van der Waals surface area contributed by atoms with Gasteiger partial charge in [0.05, 0.1) is 11.3 Å². The van der Waals surface area contributed by atoms with Crippen molar-refractivity contribution in [1.82, 2.24) is 19.5 Å². The van der Waals surface area contributed by atoms with Crippen LogP contribution in [0.25, 0.3) is 5.65 Å². The topological polar surface area (TPSA) is 53.4 Å². The molecule has 1 fully saturated rings. The highest BCUT2D eigenvalue weighted by Crippen LogP contribution is 2.39. The molecule has 0 unspecified atom stereocenters. The molecule has 5 rings (SSSR count). The summed E-state index contributed by atoms with van der Waals surface area (Å²) in [6, 6.07) is 10.9. The van der Waals surface area contributed by atoms with Crippen LogP contribution in [0.2, 0.25) is 0 Å². The van der Waals surface area contributed by atoms with Crippen LogP contribution in [0.1, 0.15) is 66.6 Å². The molecule has 27 heavy (non-hydrogen) atoms. The quantitative estimate of drug-likeness (QED) is 0.772. The number of aromatic nitrogens is 3. The van der Waals surface area contributed by atoms with E-state index in [-0.39, 0.29) is 5.56 Å². The van der Waals surface area contributed by atoms with Crippen LogP contribution in [0.3, 0.4) is 0 Å². The summed E-state index contributed by atoms with van der Waals surface area (Å²) in [7, 11) is 0. The first kappa shape index (κ1) is 16.8.